The van der Waals surface area contributed by atoms with Gasteiger partial charge in [0.25, 0.3) is 0 Å². The van der Waals surface area contributed by atoms with E-state index in [1.165, 1.54) is 12.0 Å². The minimum absolute atomic E-state index is 0.173. The van der Waals surface area contributed by atoms with Crippen molar-refractivity contribution in [1.82, 2.24) is 10.3 Å². The van der Waals surface area contributed by atoms with E-state index in [-0.39, 0.29) is 5.41 Å². The van der Waals surface area contributed by atoms with Crippen LogP contribution in [0.15, 0.2) is 18.3 Å². The van der Waals surface area contributed by atoms with Crippen molar-refractivity contribution in [2.75, 3.05) is 31.6 Å². The molecule has 0 amide bonds. The lowest BCUT2D eigenvalue weighted by Gasteiger charge is -2.22. The molecule has 3 heteroatoms. The summed E-state index contributed by atoms with van der Waals surface area (Å²) in [5.41, 5.74) is 1.45. The molecular weight excluding hydrogens is 222 g/mol. The van der Waals surface area contributed by atoms with Crippen molar-refractivity contribution >= 4 is 5.82 Å². The second-order valence-electron chi connectivity index (χ2n) is 5.83. The molecule has 0 radical (unpaired) electrons. The standard InChI is InChI=1S/C15H27N3/c1-6-9-16-10-11-18(5)14-8-7-13(12-17-14)15(2,3)4/h7-8,12,16H,6,9-11H2,1-5H3. The molecule has 0 aliphatic rings. The Balaban J connectivity index is 2.51. The molecule has 0 fully saturated rings. The zero-order valence-electron chi connectivity index (χ0n) is 12.5. The Kier molecular flexibility index (Phi) is 5.60. The van der Waals surface area contributed by atoms with E-state index in [9.17, 15) is 0 Å². The lowest BCUT2D eigenvalue weighted by molar-refractivity contribution is 0.587. The van der Waals surface area contributed by atoms with Crippen LogP contribution in [0.4, 0.5) is 5.82 Å². The summed E-state index contributed by atoms with van der Waals surface area (Å²) in [4.78, 5) is 6.73. The number of pyridine rings is 1. The lowest BCUT2D eigenvalue weighted by atomic mass is 9.88. The fourth-order valence-electron chi connectivity index (χ4n) is 1.72. The van der Waals surface area contributed by atoms with Gasteiger partial charge in [-0.2, -0.15) is 0 Å². The minimum atomic E-state index is 0.173. The van der Waals surface area contributed by atoms with E-state index in [0.717, 1.165) is 25.5 Å². The van der Waals surface area contributed by atoms with Crippen molar-refractivity contribution in [2.24, 2.45) is 0 Å². The first-order valence-electron chi connectivity index (χ1n) is 6.83. The molecule has 0 unspecified atom stereocenters. The van der Waals surface area contributed by atoms with Gasteiger partial charge in [-0.3, -0.25) is 0 Å². The highest BCUT2D eigenvalue weighted by atomic mass is 15.2. The van der Waals surface area contributed by atoms with E-state index < -0.39 is 0 Å². The first-order valence-corrected chi connectivity index (χ1v) is 6.83. The van der Waals surface area contributed by atoms with Crippen LogP contribution in [0, 0.1) is 0 Å². The van der Waals surface area contributed by atoms with Crippen LogP contribution in [0.3, 0.4) is 0 Å². The molecule has 0 atom stereocenters. The van der Waals surface area contributed by atoms with E-state index >= 15 is 0 Å². The van der Waals surface area contributed by atoms with Crippen molar-refractivity contribution in [3.8, 4) is 0 Å². The van der Waals surface area contributed by atoms with E-state index in [2.05, 4.69) is 62.1 Å². The summed E-state index contributed by atoms with van der Waals surface area (Å²) < 4.78 is 0. The summed E-state index contributed by atoms with van der Waals surface area (Å²) in [6, 6.07) is 4.29. The zero-order valence-corrected chi connectivity index (χ0v) is 12.5. The highest BCUT2D eigenvalue weighted by molar-refractivity contribution is 5.39. The quantitative estimate of drug-likeness (QED) is 0.786. The van der Waals surface area contributed by atoms with Crippen molar-refractivity contribution in [3.05, 3.63) is 23.9 Å². The molecule has 102 valence electrons. The summed E-state index contributed by atoms with van der Waals surface area (Å²) in [5, 5.41) is 3.40. The van der Waals surface area contributed by atoms with Gasteiger partial charge in [-0.25, -0.2) is 4.98 Å². The number of likely N-dealkylation sites (N-methyl/N-ethyl adjacent to an activating group) is 1. The van der Waals surface area contributed by atoms with Crippen LogP contribution >= 0.6 is 0 Å². The maximum atomic E-state index is 4.54. The minimum Gasteiger partial charge on any atom is -0.358 e. The van der Waals surface area contributed by atoms with Crippen LogP contribution in [-0.4, -0.2) is 31.7 Å². The molecule has 1 heterocycles. The summed E-state index contributed by atoms with van der Waals surface area (Å²) in [5.74, 6) is 1.04. The van der Waals surface area contributed by atoms with Crippen LogP contribution < -0.4 is 10.2 Å². The Morgan fingerprint density at radius 3 is 2.44 bits per heavy atom. The first kappa shape index (κ1) is 15.0. The number of hydrogen-bond acceptors (Lipinski definition) is 3. The second kappa shape index (κ2) is 6.74. The molecule has 0 saturated carbocycles. The third-order valence-corrected chi connectivity index (χ3v) is 3.06. The van der Waals surface area contributed by atoms with Gasteiger partial charge in [-0.1, -0.05) is 33.8 Å². The van der Waals surface area contributed by atoms with Gasteiger partial charge >= 0.3 is 0 Å². The van der Waals surface area contributed by atoms with Crippen LogP contribution in [0.5, 0.6) is 0 Å². The van der Waals surface area contributed by atoms with Crippen LogP contribution in [0.25, 0.3) is 0 Å². The zero-order chi connectivity index (χ0) is 13.6. The molecule has 0 aromatic carbocycles. The number of hydrogen-bond donors (Lipinski definition) is 1. The number of rotatable bonds is 6. The molecule has 1 aromatic heterocycles. The molecule has 3 nitrogen and oxygen atoms in total. The molecule has 0 aliphatic heterocycles. The van der Waals surface area contributed by atoms with E-state index in [1.807, 2.05) is 6.20 Å². The maximum absolute atomic E-state index is 4.54. The van der Waals surface area contributed by atoms with E-state index in [4.69, 9.17) is 0 Å². The van der Waals surface area contributed by atoms with Gasteiger partial charge in [0.05, 0.1) is 0 Å². The Hall–Kier alpha value is -1.09. The molecule has 18 heavy (non-hydrogen) atoms. The summed E-state index contributed by atoms with van der Waals surface area (Å²) in [7, 11) is 2.09. The lowest BCUT2D eigenvalue weighted by Crippen LogP contribution is -2.30. The van der Waals surface area contributed by atoms with Gasteiger partial charge in [0.2, 0.25) is 0 Å². The van der Waals surface area contributed by atoms with Crippen molar-refractivity contribution in [2.45, 2.75) is 39.5 Å². The highest BCUT2D eigenvalue weighted by Gasteiger charge is 2.14. The topological polar surface area (TPSA) is 28.2 Å². The summed E-state index contributed by atoms with van der Waals surface area (Å²) >= 11 is 0. The van der Waals surface area contributed by atoms with Crippen molar-refractivity contribution < 1.29 is 0 Å². The molecular formula is C15H27N3. The molecule has 1 N–H and O–H groups in total. The predicted octanol–water partition coefficient (Wildman–Crippen LogP) is 2.81. The van der Waals surface area contributed by atoms with Crippen LogP contribution in [0.2, 0.25) is 0 Å². The van der Waals surface area contributed by atoms with Crippen molar-refractivity contribution in [3.63, 3.8) is 0 Å². The monoisotopic (exact) mass is 249 g/mol. The smallest absolute Gasteiger partial charge is 0.128 e. The highest BCUT2D eigenvalue weighted by Crippen LogP contribution is 2.22. The number of aromatic nitrogens is 1. The van der Waals surface area contributed by atoms with Crippen molar-refractivity contribution in [1.29, 1.82) is 0 Å². The largest absolute Gasteiger partial charge is 0.358 e. The molecule has 0 saturated heterocycles. The summed E-state index contributed by atoms with van der Waals surface area (Å²) in [6.45, 7) is 11.9. The van der Waals surface area contributed by atoms with Gasteiger partial charge in [0.15, 0.2) is 0 Å². The van der Waals surface area contributed by atoms with Crippen LogP contribution in [0.1, 0.15) is 39.7 Å². The van der Waals surface area contributed by atoms with E-state index in [1.54, 1.807) is 0 Å². The average molecular weight is 249 g/mol. The Labute approximate surface area is 112 Å². The van der Waals surface area contributed by atoms with Gasteiger partial charge < -0.3 is 10.2 Å². The Morgan fingerprint density at radius 2 is 1.94 bits per heavy atom. The molecule has 0 spiro atoms. The number of nitrogens with zero attached hydrogens (tertiary/aromatic N) is 2. The third-order valence-electron chi connectivity index (χ3n) is 3.06. The van der Waals surface area contributed by atoms with Gasteiger partial charge in [-0.15, -0.1) is 0 Å². The van der Waals surface area contributed by atoms with Gasteiger partial charge in [0, 0.05) is 26.3 Å². The fraction of sp³-hybridized carbons (Fsp3) is 0.667. The number of anilines is 1. The first-order chi connectivity index (χ1) is 8.45. The number of nitrogens with one attached hydrogen (secondary N) is 1. The molecule has 0 aliphatic carbocycles. The molecule has 1 aromatic rings. The Bertz CT molecular complexity index is 338. The summed E-state index contributed by atoms with van der Waals surface area (Å²) in [6.07, 6.45) is 3.17. The fourth-order valence-corrected chi connectivity index (χ4v) is 1.72. The van der Waals surface area contributed by atoms with Gasteiger partial charge in [0.1, 0.15) is 5.82 Å². The predicted molar refractivity (Wildman–Crippen MR) is 79.4 cm³/mol. The maximum Gasteiger partial charge on any atom is 0.128 e. The SMILES string of the molecule is CCCNCCN(C)c1ccc(C(C)(C)C)cn1. The van der Waals surface area contributed by atoms with E-state index in [0.29, 0.717) is 0 Å². The van der Waals surface area contributed by atoms with Crippen LogP contribution in [-0.2, 0) is 5.41 Å². The van der Waals surface area contributed by atoms with Gasteiger partial charge in [-0.05, 0) is 30.0 Å². The second-order valence-corrected chi connectivity index (χ2v) is 5.83. The third kappa shape index (κ3) is 4.65. The molecule has 0 bridgehead atoms. The normalized spacial score (nSPS) is 11.6. The average Bonchev–Trinajstić information content (AvgIpc) is 2.33. The Morgan fingerprint density at radius 1 is 1.22 bits per heavy atom. The molecule has 1 rings (SSSR count).